The van der Waals surface area contributed by atoms with Crippen molar-refractivity contribution in [1.82, 2.24) is 9.38 Å². The average molecular weight is 175 g/mol. The van der Waals surface area contributed by atoms with E-state index in [1.807, 2.05) is 16.9 Å². The third-order valence-electron chi connectivity index (χ3n) is 2.35. The molecule has 0 saturated heterocycles. The largest absolute Gasteiger partial charge is 0.330 e. The molecule has 2 heterocycles. The van der Waals surface area contributed by atoms with E-state index in [1.54, 1.807) is 0 Å². The molecule has 1 unspecified atom stereocenters. The minimum atomic E-state index is 0.409. The van der Waals surface area contributed by atoms with E-state index >= 15 is 0 Å². The SMILES string of the molecule is CC(CN)c1ccc2cncn2c1. The zero-order valence-electron chi connectivity index (χ0n) is 7.64. The van der Waals surface area contributed by atoms with Gasteiger partial charge >= 0.3 is 0 Å². The molecule has 0 saturated carbocycles. The van der Waals surface area contributed by atoms with Gasteiger partial charge in [-0.1, -0.05) is 13.0 Å². The van der Waals surface area contributed by atoms with Crippen molar-refractivity contribution < 1.29 is 0 Å². The molecule has 2 rings (SSSR count). The molecule has 3 heteroatoms. The molecule has 0 radical (unpaired) electrons. The lowest BCUT2D eigenvalue weighted by molar-refractivity contribution is 0.767. The Balaban J connectivity index is 2.48. The first-order chi connectivity index (χ1) is 6.31. The zero-order chi connectivity index (χ0) is 9.26. The van der Waals surface area contributed by atoms with Crippen LogP contribution in [0.4, 0.5) is 0 Å². The number of imidazole rings is 1. The molecule has 2 aromatic heterocycles. The number of rotatable bonds is 2. The third kappa shape index (κ3) is 1.42. The molecule has 2 N–H and O–H groups in total. The lowest BCUT2D eigenvalue weighted by atomic mass is 10.0. The lowest BCUT2D eigenvalue weighted by Crippen LogP contribution is -2.09. The minimum Gasteiger partial charge on any atom is -0.330 e. The van der Waals surface area contributed by atoms with Gasteiger partial charge in [-0.25, -0.2) is 4.98 Å². The summed E-state index contributed by atoms with van der Waals surface area (Å²) in [5.41, 5.74) is 7.97. The molecule has 68 valence electrons. The Hall–Kier alpha value is -1.35. The van der Waals surface area contributed by atoms with Gasteiger partial charge in [-0.05, 0) is 24.1 Å². The Morgan fingerprint density at radius 3 is 3.15 bits per heavy atom. The van der Waals surface area contributed by atoms with Crippen molar-refractivity contribution in [3.05, 3.63) is 36.4 Å². The van der Waals surface area contributed by atoms with Crippen molar-refractivity contribution in [2.45, 2.75) is 12.8 Å². The van der Waals surface area contributed by atoms with Crippen molar-refractivity contribution >= 4 is 5.52 Å². The highest BCUT2D eigenvalue weighted by Gasteiger charge is 2.03. The highest BCUT2D eigenvalue weighted by molar-refractivity contribution is 5.45. The van der Waals surface area contributed by atoms with Gasteiger partial charge in [0.05, 0.1) is 18.0 Å². The summed E-state index contributed by atoms with van der Waals surface area (Å²) in [5.74, 6) is 0.409. The van der Waals surface area contributed by atoms with Gasteiger partial charge in [0.2, 0.25) is 0 Å². The van der Waals surface area contributed by atoms with Crippen LogP contribution in [0, 0.1) is 0 Å². The molecule has 0 aliphatic heterocycles. The Labute approximate surface area is 77.2 Å². The number of fused-ring (bicyclic) bond motifs is 1. The molecule has 0 aromatic carbocycles. The van der Waals surface area contributed by atoms with E-state index in [9.17, 15) is 0 Å². The van der Waals surface area contributed by atoms with E-state index in [2.05, 4.69) is 30.2 Å². The standard InChI is InChI=1S/C10H13N3/c1-8(4-11)9-2-3-10-5-12-7-13(10)6-9/h2-3,5-8H,4,11H2,1H3. The second-order valence-corrected chi connectivity index (χ2v) is 3.32. The Bertz CT molecular complexity index is 405. The van der Waals surface area contributed by atoms with Crippen LogP contribution in [-0.4, -0.2) is 15.9 Å². The second kappa shape index (κ2) is 3.18. The molecule has 0 bridgehead atoms. The van der Waals surface area contributed by atoms with Crippen molar-refractivity contribution in [1.29, 1.82) is 0 Å². The van der Waals surface area contributed by atoms with E-state index < -0.39 is 0 Å². The fourth-order valence-electron chi connectivity index (χ4n) is 1.36. The minimum absolute atomic E-state index is 0.409. The summed E-state index contributed by atoms with van der Waals surface area (Å²) in [7, 11) is 0. The molecule has 0 aliphatic carbocycles. The molecule has 0 aliphatic rings. The number of nitrogens with two attached hydrogens (primary N) is 1. The van der Waals surface area contributed by atoms with E-state index in [0.717, 1.165) is 5.52 Å². The normalized spacial score (nSPS) is 13.4. The van der Waals surface area contributed by atoms with Gasteiger partial charge < -0.3 is 10.1 Å². The quantitative estimate of drug-likeness (QED) is 0.749. The molecular formula is C10H13N3. The number of nitrogens with zero attached hydrogens (tertiary/aromatic N) is 2. The number of hydrogen-bond acceptors (Lipinski definition) is 2. The Morgan fingerprint density at radius 1 is 1.54 bits per heavy atom. The lowest BCUT2D eigenvalue weighted by Gasteiger charge is -2.08. The van der Waals surface area contributed by atoms with Crippen LogP contribution in [0.1, 0.15) is 18.4 Å². The first kappa shape index (κ1) is 8.26. The smallest absolute Gasteiger partial charge is 0.0992 e. The first-order valence-electron chi connectivity index (χ1n) is 4.43. The average Bonchev–Trinajstić information content (AvgIpc) is 2.63. The van der Waals surface area contributed by atoms with Crippen LogP contribution in [0.2, 0.25) is 0 Å². The van der Waals surface area contributed by atoms with Crippen molar-refractivity contribution in [2.24, 2.45) is 5.73 Å². The summed E-state index contributed by atoms with van der Waals surface area (Å²) in [6, 6.07) is 4.17. The van der Waals surface area contributed by atoms with Crippen LogP contribution < -0.4 is 5.73 Å². The summed E-state index contributed by atoms with van der Waals surface area (Å²) >= 11 is 0. The highest BCUT2D eigenvalue weighted by Crippen LogP contribution is 2.14. The van der Waals surface area contributed by atoms with Gasteiger partial charge in [0, 0.05) is 6.20 Å². The van der Waals surface area contributed by atoms with E-state index in [-0.39, 0.29) is 0 Å². The summed E-state index contributed by atoms with van der Waals surface area (Å²) in [4.78, 5) is 4.06. The van der Waals surface area contributed by atoms with E-state index in [0.29, 0.717) is 12.5 Å². The Kier molecular flexibility index (Phi) is 2.02. The molecule has 0 amide bonds. The monoisotopic (exact) mass is 175 g/mol. The Morgan fingerprint density at radius 2 is 2.38 bits per heavy atom. The van der Waals surface area contributed by atoms with Crippen LogP contribution in [0.15, 0.2) is 30.9 Å². The van der Waals surface area contributed by atoms with Crippen molar-refractivity contribution in [3.63, 3.8) is 0 Å². The maximum absolute atomic E-state index is 5.60. The number of aromatic nitrogens is 2. The summed E-state index contributed by atoms with van der Waals surface area (Å²) in [6.07, 6.45) is 5.73. The summed E-state index contributed by atoms with van der Waals surface area (Å²) < 4.78 is 2.02. The zero-order valence-corrected chi connectivity index (χ0v) is 7.64. The van der Waals surface area contributed by atoms with E-state index in [1.165, 1.54) is 5.56 Å². The van der Waals surface area contributed by atoms with Crippen LogP contribution in [0.5, 0.6) is 0 Å². The van der Waals surface area contributed by atoms with Gasteiger partial charge in [-0.2, -0.15) is 0 Å². The molecule has 0 fully saturated rings. The third-order valence-corrected chi connectivity index (χ3v) is 2.35. The van der Waals surface area contributed by atoms with Crippen LogP contribution >= 0.6 is 0 Å². The molecule has 0 spiro atoms. The summed E-state index contributed by atoms with van der Waals surface area (Å²) in [6.45, 7) is 2.80. The van der Waals surface area contributed by atoms with Crippen molar-refractivity contribution in [3.8, 4) is 0 Å². The fourth-order valence-corrected chi connectivity index (χ4v) is 1.36. The van der Waals surface area contributed by atoms with Gasteiger partial charge in [-0.15, -0.1) is 0 Å². The second-order valence-electron chi connectivity index (χ2n) is 3.32. The van der Waals surface area contributed by atoms with Crippen LogP contribution in [0.3, 0.4) is 0 Å². The van der Waals surface area contributed by atoms with Gasteiger partial charge in [-0.3, -0.25) is 0 Å². The molecule has 2 aromatic rings. The maximum atomic E-state index is 5.60. The predicted molar refractivity (Wildman–Crippen MR) is 52.7 cm³/mol. The summed E-state index contributed by atoms with van der Waals surface area (Å²) in [5, 5.41) is 0. The molecule has 13 heavy (non-hydrogen) atoms. The highest BCUT2D eigenvalue weighted by atomic mass is 15.0. The first-order valence-corrected chi connectivity index (χ1v) is 4.43. The van der Waals surface area contributed by atoms with Crippen LogP contribution in [0.25, 0.3) is 5.52 Å². The molecule has 3 nitrogen and oxygen atoms in total. The maximum Gasteiger partial charge on any atom is 0.0992 e. The molecular weight excluding hydrogens is 162 g/mol. The van der Waals surface area contributed by atoms with Gasteiger partial charge in [0.1, 0.15) is 0 Å². The fraction of sp³-hybridized carbons (Fsp3) is 0.300. The van der Waals surface area contributed by atoms with E-state index in [4.69, 9.17) is 5.73 Å². The predicted octanol–water partition coefficient (Wildman–Crippen LogP) is 1.40. The van der Waals surface area contributed by atoms with Gasteiger partial charge in [0.15, 0.2) is 0 Å². The van der Waals surface area contributed by atoms with Crippen molar-refractivity contribution in [2.75, 3.05) is 6.54 Å². The van der Waals surface area contributed by atoms with Crippen LogP contribution in [-0.2, 0) is 0 Å². The topological polar surface area (TPSA) is 43.3 Å². The molecule has 1 atom stereocenters. The van der Waals surface area contributed by atoms with Gasteiger partial charge in [0.25, 0.3) is 0 Å². The number of hydrogen-bond donors (Lipinski definition) is 1. The number of pyridine rings is 1.